The van der Waals surface area contributed by atoms with Gasteiger partial charge < -0.3 is 14.6 Å². The monoisotopic (exact) mass is 549 g/mol. The molecule has 0 unspecified atom stereocenters. The van der Waals surface area contributed by atoms with Crippen molar-refractivity contribution in [3.8, 4) is 28.7 Å². The van der Waals surface area contributed by atoms with Crippen molar-refractivity contribution >= 4 is 5.82 Å². The van der Waals surface area contributed by atoms with Crippen molar-refractivity contribution in [2.24, 2.45) is 7.05 Å². The minimum Gasteiger partial charge on any atom is -0.480 e. The number of nitrogens with one attached hydrogen (secondary N) is 1. The number of imidazole rings is 1. The van der Waals surface area contributed by atoms with E-state index in [-0.39, 0.29) is 11.2 Å². The molecule has 4 aromatic rings. The Hall–Kier alpha value is -4.02. The van der Waals surface area contributed by atoms with E-state index in [2.05, 4.69) is 34.1 Å². The molecule has 3 heterocycles. The molecular formula is C29H30F3N7O. The summed E-state index contributed by atoms with van der Waals surface area (Å²) in [5, 5.41) is 3.50. The average molecular weight is 550 g/mol. The van der Waals surface area contributed by atoms with Crippen molar-refractivity contribution < 1.29 is 17.9 Å². The summed E-state index contributed by atoms with van der Waals surface area (Å²) in [5.41, 5.74) is 4.34. The van der Waals surface area contributed by atoms with Gasteiger partial charge in [-0.3, -0.25) is 0 Å². The van der Waals surface area contributed by atoms with Crippen LogP contribution in [0, 0.1) is 0 Å². The Morgan fingerprint density at radius 1 is 1.07 bits per heavy atom. The van der Waals surface area contributed by atoms with Crippen LogP contribution in [0.4, 0.5) is 19.0 Å². The van der Waals surface area contributed by atoms with Gasteiger partial charge in [0, 0.05) is 42.2 Å². The van der Waals surface area contributed by atoms with Crippen LogP contribution < -0.4 is 10.1 Å². The number of ether oxygens (including phenoxy) is 1. The van der Waals surface area contributed by atoms with Gasteiger partial charge in [-0.05, 0) is 31.2 Å². The molecule has 1 fully saturated rings. The van der Waals surface area contributed by atoms with Gasteiger partial charge in [-0.25, -0.2) is 24.9 Å². The molecule has 2 aliphatic rings. The molecule has 0 spiro atoms. The fourth-order valence-corrected chi connectivity index (χ4v) is 5.34. The number of alkyl halides is 3. The number of nitrogens with zero attached hydrogens (tertiary/aromatic N) is 6. The van der Waals surface area contributed by atoms with Gasteiger partial charge in [0.15, 0.2) is 11.5 Å². The highest BCUT2D eigenvalue weighted by Crippen LogP contribution is 2.47. The molecule has 0 radical (unpaired) electrons. The molecule has 2 aliphatic carbocycles. The molecule has 1 N–H and O–H groups in total. The zero-order valence-electron chi connectivity index (χ0n) is 22.8. The van der Waals surface area contributed by atoms with Crippen LogP contribution in [0.1, 0.15) is 67.2 Å². The standard InChI is InChI=1S/C29H30F3N7O/c1-28(2)12-11-19-23(28)37-25(21-22(17-9-10-17)34-15-35-27(21)40-4)38-24(19)33-13-16-5-7-18(8-6-16)26-36-20(14-39(26)3)29(30,31)32/h5-8,14-15,17H,9-13H2,1-4H3,(H,33,37,38). The van der Waals surface area contributed by atoms with E-state index in [4.69, 9.17) is 14.7 Å². The van der Waals surface area contributed by atoms with E-state index in [1.165, 1.54) is 10.9 Å². The van der Waals surface area contributed by atoms with Gasteiger partial charge >= 0.3 is 6.18 Å². The zero-order chi connectivity index (χ0) is 28.2. The van der Waals surface area contributed by atoms with Crippen LogP contribution in [0.15, 0.2) is 36.8 Å². The normalized spacial score (nSPS) is 16.2. The van der Waals surface area contributed by atoms with E-state index >= 15 is 0 Å². The summed E-state index contributed by atoms with van der Waals surface area (Å²) in [7, 11) is 3.15. The lowest BCUT2D eigenvalue weighted by Gasteiger charge is -2.20. The number of hydrogen-bond donors (Lipinski definition) is 1. The molecule has 3 aromatic heterocycles. The number of benzene rings is 1. The predicted octanol–water partition coefficient (Wildman–Crippen LogP) is 6.07. The van der Waals surface area contributed by atoms with Crippen molar-refractivity contribution in [3.63, 3.8) is 0 Å². The Balaban J connectivity index is 1.31. The number of fused-ring (bicyclic) bond motifs is 1. The molecular weight excluding hydrogens is 519 g/mol. The zero-order valence-corrected chi connectivity index (χ0v) is 22.8. The van der Waals surface area contributed by atoms with E-state index in [1.54, 1.807) is 26.3 Å². The smallest absolute Gasteiger partial charge is 0.434 e. The summed E-state index contributed by atoms with van der Waals surface area (Å²) in [5.74, 6) is 2.41. The Morgan fingerprint density at radius 2 is 1.82 bits per heavy atom. The van der Waals surface area contributed by atoms with Gasteiger partial charge in [-0.1, -0.05) is 38.1 Å². The van der Waals surface area contributed by atoms with E-state index in [1.807, 2.05) is 12.1 Å². The van der Waals surface area contributed by atoms with Crippen LogP contribution in [0.5, 0.6) is 5.88 Å². The first-order valence-corrected chi connectivity index (χ1v) is 13.3. The summed E-state index contributed by atoms with van der Waals surface area (Å²) >= 11 is 0. The molecule has 0 amide bonds. The Labute approximate surface area is 230 Å². The van der Waals surface area contributed by atoms with Crippen molar-refractivity contribution in [1.29, 1.82) is 0 Å². The Kier molecular flexibility index (Phi) is 6.27. The lowest BCUT2D eigenvalue weighted by atomic mass is 9.90. The highest BCUT2D eigenvalue weighted by Gasteiger charge is 2.37. The van der Waals surface area contributed by atoms with Crippen LogP contribution in [0.25, 0.3) is 22.8 Å². The van der Waals surface area contributed by atoms with Crippen molar-refractivity contribution in [2.45, 2.75) is 63.6 Å². The topological polar surface area (TPSA) is 90.6 Å². The van der Waals surface area contributed by atoms with Gasteiger partial charge in [-0.15, -0.1) is 0 Å². The van der Waals surface area contributed by atoms with E-state index in [0.717, 1.165) is 65.8 Å². The van der Waals surface area contributed by atoms with Crippen LogP contribution in [-0.4, -0.2) is 36.6 Å². The molecule has 11 heteroatoms. The predicted molar refractivity (Wildman–Crippen MR) is 144 cm³/mol. The molecule has 6 rings (SSSR count). The minimum atomic E-state index is -4.49. The number of halogens is 3. The largest absolute Gasteiger partial charge is 0.480 e. The third-order valence-corrected chi connectivity index (χ3v) is 7.71. The quantitative estimate of drug-likeness (QED) is 0.299. The second-order valence-corrected chi connectivity index (χ2v) is 11.1. The van der Waals surface area contributed by atoms with Crippen molar-refractivity contribution in [2.75, 3.05) is 12.4 Å². The van der Waals surface area contributed by atoms with Crippen molar-refractivity contribution in [3.05, 3.63) is 65.0 Å². The van der Waals surface area contributed by atoms with Gasteiger partial charge in [-0.2, -0.15) is 13.2 Å². The second kappa shape index (κ2) is 9.57. The summed E-state index contributed by atoms with van der Waals surface area (Å²) in [6, 6.07) is 7.34. The lowest BCUT2D eigenvalue weighted by Crippen LogP contribution is -2.16. The molecule has 1 aromatic carbocycles. The van der Waals surface area contributed by atoms with E-state index in [9.17, 15) is 13.2 Å². The molecule has 0 bridgehead atoms. The van der Waals surface area contributed by atoms with Crippen LogP contribution in [-0.2, 0) is 31.6 Å². The van der Waals surface area contributed by atoms with Crippen LogP contribution >= 0.6 is 0 Å². The average Bonchev–Trinajstić information content (AvgIpc) is 3.63. The third-order valence-electron chi connectivity index (χ3n) is 7.71. The summed E-state index contributed by atoms with van der Waals surface area (Å²) in [6.45, 7) is 4.87. The number of methoxy groups -OCH3 is 1. The van der Waals surface area contributed by atoms with Gasteiger partial charge in [0.25, 0.3) is 0 Å². The first-order chi connectivity index (χ1) is 19.0. The van der Waals surface area contributed by atoms with Crippen LogP contribution in [0.2, 0.25) is 0 Å². The highest BCUT2D eigenvalue weighted by atomic mass is 19.4. The Morgan fingerprint density at radius 3 is 2.48 bits per heavy atom. The molecule has 0 atom stereocenters. The molecule has 208 valence electrons. The third kappa shape index (κ3) is 4.77. The second-order valence-electron chi connectivity index (χ2n) is 11.1. The molecule has 40 heavy (non-hydrogen) atoms. The molecule has 8 nitrogen and oxygen atoms in total. The van der Waals surface area contributed by atoms with Gasteiger partial charge in [0.1, 0.15) is 23.5 Å². The minimum absolute atomic E-state index is 0.106. The number of anilines is 1. The molecule has 1 saturated carbocycles. The maximum atomic E-state index is 13.1. The van der Waals surface area contributed by atoms with Gasteiger partial charge in [0.2, 0.25) is 5.88 Å². The van der Waals surface area contributed by atoms with Crippen LogP contribution in [0.3, 0.4) is 0 Å². The summed E-state index contributed by atoms with van der Waals surface area (Å²) in [6.07, 6.45) is 2.02. The number of aromatic nitrogens is 6. The fraction of sp³-hybridized carbons (Fsp3) is 0.414. The highest BCUT2D eigenvalue weighted by molar-refractivity contribution is 5.69. The van der Waals surface area contributed by atoms with E-state index < -0.39 is 11.9 Å². The van der Waals surface area contributed by atoms with Gasteiger partial charge in [0.05, 0.1) is 18.5 Å². The maximum Gasteiger partial charge on any atom is 0.434 e. The first kappa shape index (κ1) is 26.2. The molecule has 0 saturated heterocycles. The number of hydrogen-bond acceptors (Lipinski definition) is 7. The number of rotatable bonds is 7. The summed E-state index contributed by atoms with van der Waals surface area (Å²) in [4.78, 5) is 22.7. The SMILES string of the molecule is COc1ncnc(C2CC2)c1-c1nc(NCc2ccc(-c3nc(C(F)(F)F)cn3C)cc2)c2c(n1)C(C)(C)CC2. The lowest BCUT2D eigenvalue weighted by molar-refractivity contribution is -0.140. The fourth-order valence-electron chi connectivity index (χ4n) is 5.34. The Bertz CT molecular complexity index is 1570. The molecule has 0 aliphatic heterocycles. The number of aryl methyl sites for hydroxylation is 1. The maximum absolute atomic E-state index is 13.1. The first-order valence-electron chi connectivity index (χ1n) is 13.3. The van der Waals surface area contributed by atoms with E-state index in [0.29, 0.717) is 29.7 Å². The van der Waals surface area contributed by atoms with Crippen molar-refractivity contribution in [1.82, 2.24) is 29.5 Å². The summed E-state index contributed by atoms with van der Waals surface area (Å²) < 4.78 is 46.3.